The van der Waals surface area contributed by atoms with Crippen LogP contribution < -0.4 is 4.74 Å². The Labute approximate surface area is 111 Å². The van der Waals surface area contributed by atoms with Crippen molar-refractivity contribution in [2.24, 2.45) is 0 Å². The molecule has 0 heterocycles. The van der Waals surface area contributed by atoms with Gasteiger partial charge in [-0.2, -0.15) is 0 Å². The van der Waals surface area contributed by atoms with Gasteiger partial charge in [0.05, 0.1) is 5.02 Å². The van der Waals surface area contributed by atoms with Crippen LogP contribution in [-0.4, -0.2) is 0 Å². The van der Waals surface area contributed by atoms with Gasteiger partial charge in [-0.3, -0.25) is 0 Å². The summed E-state index contributed by atoms with van der Waals surface area (Å²) in [6.07, 6.45) is 0. The summed E-state index contributed by atoms with van der Waals surface area (Å²) in [6, 6.07) is 11.3. The largest absolute Gasteiger partial charge is 0.456 e. The van der Waals surface area contributed by atoms with E-state index in [4.69, 9.17) is 27.9 Å². The van der Waals surface area contributed by atoms with Crippen LogP contribution in [-0.2, 0) is 0 Å². The standard InChI is InChI=1S/C14H12Cl2O/c1-9-6-7-11(8-10(9)2)17-13-5-3-4-12(15)14(13)16/h3-8H,1-2H3. The average molecular weight is 267 g/mol. The number of hydrogen-bond donors (Lipinski definition) is 0. The van der Waals surface area contributed by atoms with Crippen LogP contribution in [0.2, 0.25) is 10.0 Å². The molecule has 0 aliphatic heterocycles. The maximum atomic E-state index is 6.06. The number of benzene rings is 2. The highest BCUT2D eigenvalue weighted by Gasteiger charge is 2.06. The first kappa shape index (κ1) is 12.3. The molecule has 2 aromatic rings. The van der Waals surface area contributed by atoms with Crippen molar-refractivity contribution in [1.82, 2.24) is 0 Å². The first-order valence-electron chi connectivity index (χ1n) is 5.27. The Morgan fingerprint density at radius 2 is 1.71 bits per heavy atom. The smallest absolute Gasteiger partial charge is 0.147 e. The summed E-state index contributed by atoms with van der Waals surface area (Å²) in [4.78, 5) is 0. The Morgan fingerprint density at radius 1 is 0.941 bits per heavy atom. The third-order valence-electron chi connectivity index (χ3n) is 2.62. The van der Waals surface area contributed by atoms with Gasteiger partial charge in [0, 0.05) is 0 Å². The molecule has 0 aliphatic rings. The first-order valence-corrected chi connectivity index (χ1v) is 6.02. The highest BCUT2D eigenvalue weighted by molar-refractivity contribution is 6.42. The molecule has 1 nitrogen and oxygen atoms in total. The normalized spacial score (nSPS) is 10.4. The minimum absolute atomic E-state index is 0.437. The van der Waals surface area contributed by atoms with E-state index in [1.807, 2.05) is 31.2 Å². The molecule has 0 saturated heterocycles. The van der Waals surface area contributed by atoms with Crippen molar-refractivity contribution < 1.29 is 4.74 Å². The third-order valence-corrected chi connectivity index (χ3v) is 3.42. The fourth-order valence-electron chi connectivity index (χ4n) is 1.47. The fourth-order valence-corrected chi connectivity index (χ4v) is 1.80. The second-order valence-corrected chi connectivity index (χ2v) is 4.69. The van der Waals surface area contributed by atoms with Gasteiger partial charge in [0.15, 0.2) is 0 Å². The quantitative estimate of drug-likeness (QED) is 0.707. The van der Waals surface area contributed by atoms with Crippen molar-refractivity contribution in [1.29, 1.82) is 0 Å². The average Bonchev–Trinajstić information content (AvgIpc) is 2.30. The van der Waals surface area contributed by atoms with Gasteiger partial charge in [-0.1, -0.05) is 35.3 Å². The van der Waals surface area contributed by atoms with E-state index in [-0.39, 0.29) is 0 Å². The highest BCUT2D eigenvalue weighted by Crippen LogP contribution is 2.34. The summed E-state index contributed by atoms with van der Waals surface area (Å²) in [6.45, 7) is 4.10. The first-order chi connectivity index (χ1) is 8.08. The number of rotatable bonds is 2. The zero-order valence-corrected chi connectivity index (χ0v) is 11.1. The summed E-state index contributed by atoms with van der Waals surface area (Å²) in [5, 5.41) is 0.931. The van der Waals surface area contributed by atoms with Crippen molar-refractivity contribution in [2.45, 2.75) is 13.8 Å². The molecular formula is C14H12Cl2O. The molecule has 0 amide bonds. The summed E-state index contributed by atoms with van der Waals surface area (Å²) >= 11 is 12.0. The van der Waals surface area contributed by atoms with Crippen LogP contribution in [0.15, 0.2) is 36.4 Å². The molecule has 17 heavy (non-hydrogen) atoms. The third kappa shape index (κ3) is 2.74. The Hall–Kier alpha value is -1.18. The molecule has 0 atom stereocenters. The van der Waals surface area contributed by atoms with Crippen LogP contribution in [0.25, 0.3) is 0 Å². The van der Waals surface area contributed by atoms with Crippen molar-refractivity contribution in [3.63, 3.8) is 0 Å². The topological polar surface area (TPSA) is 9.23 Å². The molecule has 3 heteroatoms. The Kier molecular flexibility index (Phi) is 3.60. The molecule has 0 aliphatic carbocycles. The Morgan fingerprint density at radius 3 is 2.41 bits per heavy atom. The van der Waals surface area contributed by atoms with Gasteiger partial charge in [-0.25, -0.2) is 0 Å². The molecule has 0 fully saturated rings. The summed E-state index contributed by atoms with van der Waals surface area (Å²) in [7, 11) is 0. The molecule has 0 spiro atoms. The van der Waals surface area contributed by atoms with Crippen molar-refractivity contribution in [2.75, 3.05) is 0 Å². The van der Waals surface area contributed by atoms with Crippen molar-refractivity contribution in [3.05, 3.63) is 57.6 Å². The lowest BCUT2D eigenvalue weighted by Crippen LogP contribution is -1.88. The van der Waals surface area contributed by atoms with Gasteiger partial charge < -0.3 is 4.74 Å². The van der Waals surface area contributed by atoms with E-state index in [2.05, 4.69) is 6.92 Å². The van der Waals surface area contributed by atoms with Crippen LogP contribution in [0.1, 0.15) is 11.1 Å². The van der Waals surface area contributed by atoms with Gasteiger partial charge in [0.25, 0.3) is 0 Å². The van der Waals surface area contributed by atoms with Gasteiger partial charge in [-0.15, -0.1) is 0 Å². The maximum absolute atomic E-state index is 6.06. The van der Waals surface area contributed by atoms with Crippen molar-refractivity contribution >= 4 is 23.2 Å². The van der Waals surface area contributed by atoms with Gasteiger partial charge >= 0.3 is 0 Å². The van der Waals surface area contributed by atoms with Gasteiger partial charge in [0.2, 0.25) is 0 Å². The minimum atomic E-state index is 0.437. The molecule has 0 N–H and O–H groups in total. The SMILES string of the molecule is Cc1ccc(Oc2cccc(Cl)c2Cl)cc1C. The van der Waals surface area contributed by atoms with Crippen molar-refractivity contribution in [3.8, 4) is 11.5 Å². The molecule has 0 aromatic heterocycles. The maximum Gasteiger partial charge on any atom is 0.147 e. The molecule has 0 radical (unpaired) electrons. The Bertz CT molecular complexity index is 550. The lowest BCUT2D eigenvalue weighted by Gasteiger charge is -2.09. The van der Waals surface area contributed by atoms with Crippen LogP contribution in [0.5, 0.6) is 11.5 Å². The zero-order chi connectivity index (χ0) is 12.4. The fraction of sp³-hybridized carbons (Fsp3) is 0.143. The second-order valence-electron chi connectivity index (χ2n) is 3.90. The number of ether oxygens (including phenoxy) is 1. The van der Waals surface area contributed by atoms with Crippen LogP contribution >= 0.6 is 23.2 Å². The van der Waals surface area contributed by atoms with E-state index in [1.54, 1.807) is 12.1 Å². The lowest BCUT2D eigenvalue weighted by molar-refractivity contribution is 0.482. The van der Waals surface area contributed by atoms with E-state index < -0.39 is 0 Å². The molecule has 88 valence electrons. The predicted octanol–water partition coefficient (Wildman–Crippen LogP) is 5.40. The zero-order valence-electron chi connectivity index (χ0n) is 9.63. The van der Waals surface area contributed by atoms with E-state index in [0.717, 1.165) is 5.75 Å². The second kappa shape index (κ2) is 4.99. The van der Waals surface area contributed by atoms with E-state index in [1.165, 1.54) is 11.1 Å². The molecule has 0 unspecified atom stereocenters. The van der Waals surface area contributed by atoms with E-state index >= 15 is 0 Å². The lowest BCUT2D eigenvalue weighted by atomic mass is 10.1. The van der Waals surface area contributed by atoms with Gasteiger partial charge in [-0.05, 0) is 49.2 Å². The summed E-state index contributed by atoms with van der Waals surface area (Å²) in [5.74, 6) is 1.33. The number of hydrogen-bond acceptors (Lipinski definition) is 1. The molecular weight excluding hydrogens is 255 g/mol. The van der Waals surface area contributed by atoms with Crippen LogP contribution in [0.3, 0.4) is 0 Å². The summed E-state index contributed by atoms with van der Waals surface area (Å²) < 4.78 is 5.71. The number of aryl methyl sites for hydroxylation is 2. The summed E-state index contributed by atoms with van der Waals surface area (Å²) in [5.41, 5.74) is 2.41. The molecule has 0 bridgehead atoms. The van der Waals surface area contributed by atoms with Gasteiger partial charge in [0.1, 0.15) is 16.5 Å². The van der Waals surface area contributed by atoms with Crippen LogP contribution in [0, 0.1) is 13.8 Å². The minimum Gasteiger partial charge on any atom is -0.456 e. The Balaban J connectivity index is 2.31. The van der Waals surface area contributed by atoms with E-state index in [9.17, 15) is 0 Å². The molecule has 2 rings (SSSR count). The van der Waals surface area contributed by atoms with Crippen LogP contribution in [0.4, 0.5) is 0 Å². The van der Waals surface area contributed by atoms with E-state index in [0.29, 0.717) is 15.8 Å². The molecule has 0 saturated carbocycles. The highest BCUT2D eigenvalue weighted by atomic mass is 35.5. The predicted molar refractivity (Wildman–Crippen MR) is 72.5 cm³/mol. The molecule has 2 aromatic carbocycles. The monoisotopic (exact) mass is 266 g/mol. The number of halogens is 2.